The van der Waals surface area contributed by atoms with E-state index in [9.17, 15) is 30.6 Å². The third kappa shape index (κ3) is 5.15. The molecule has 19 atom stereocenters. The van der Waals surface area contributed by atoms with E-state index in [2.05, 4.69) is 47.6 Å². The van der Waals surface area contributed by atoms with Gasteiger partial charge in [-0.15, -0.1) is 0 Å². The van der Waals surface area contributed by atoms with Crippen LogP contribution < -0.4 is 0 Å². The van der Waals surface area contributed by atoms with Gasteiger partial charge in [-0.05, 0) is 93.3 Å². The highest BCUT2D eigenvalue weighted by atomic mass is 16.7. The van der Waals surface area contributed by atoms with Crippen molar-refractivity contribution in [2.45, 2.75) is 160 Å². The van der Waals surface area contributed by atoms with E-state index in [1.807, 2.05) is 6.92 Å². The summed E-state index contributed by atoms with van der Waals surface area (Å²) in [5.41, 5.74) is 0.0262. The Bertz CT molecular complexity index is 1400. The molecule has 12 heteroatoms. The first-order chi connectivity index (χ1) is 24.4. The van der Waals surface area contributed by atoms with Crippen molar-refractivity contribution in [1.29, 1.82) is 0 Å². The molecule has 4 aliphatic carbocycles. The fourth-order valence-electron chi connectivity index (χ4n) is 14.1. The van der Waals surface area contributed by atoms with Crippen LogP contribution in [-0.4, -0.2) is 124 Å². The molecule has 2 bridgehead atoms. The third-order valence-electron chi connectivity index (χ3n) is 16.5. The summed E-state index contributed by atoms with van der Waals surface area (Å²) in [6.45, 7) is 16.3. The maximum atomic E-state index is 12.3. The lowest BCUT2D eigenvalue weighted by molar-refractivity contribution is -0.342. The number of hydrogen-bond acceptors (Lipinski definition) is 12. The van der Waals surface area contributed by atoms with Crippen molar-refractivity contribution in [1.82, 2.24) is 0 Å². The molecule has 296 valence electrons. The van der Waals surface area contributed by atoms with Crippen molar-refractivity contribution in [2.75, 3.05) is 26.4 Å². The predicted octanol–water partition coefficient (Wildman–Crippen LogP) is 2.64. The van der Waals surface area contributed by atoms with Crippen molar-refractivity contribution >= 4 is 0 Å². The second kappa shape index (κ2) is 12.6. The lowest BCUT2D eigenvalue weighted by Gasteiger charge is -2.70. The molecule has 8 aliphatic rings. The molecule has 12 nitrogen and oxygen atoms in total. The van der Waals surface area contributed by atoms with Crippen LogP contribution in [0.15, 0.2) is 11.6 Å². The van der Waals surface area contributed by atoms with Crippen molar-refractivity contribution in [2.24, 2.45) is 51.2 Å². The molecule has 0 aromatic heterocycles. The van der Waals surface area contributed by atoms with Gasteiger partial charge in [-0.1, -0.05) is 39.3 Å². The molecule has 4 heterocycles. The summed E-state index contributed by atoms with van der Waals surface area (Å²) in [5, 5.41) is 64.6. The molecule has 0 radical (unpaired) electrons. The predicted molar refractivity (Wildman–Crippen MR) is 186 cm³/mol. The Morgan fingerprint density at radius 3 is 2.27 bits per heavy atom. The van der Waals surface area contributed by atoms with Crippen LogP contribution in [0.5, 0.6) is 0 Å². The van der Waals surface area contributed by atoms with Crippen LogP contribution in [0, 0.1) is 51.2 Å². The fourth-order valence-corrected chi connectivity index (χ4v) is 14.1. The molecular formula is C40H64O12. The molecular weight excluding hydrogens is 672 g/mol. The van der Waals surface area contributed by atoms with E-state index in [-0.39, 0.29) is 46.2 Å². The normalized spacial score (nSPS) is 57.8. The van der Waals surface area contributed by atoms with Crippen LogP contribution in [0.4, 0.5) is 0 Å². The van der Waals surface area contributed by atoms with Crippen molar-refractivity contribution < 1.29 is 59.1 Å². The molecule has 0 amide bonds. The molecule has 19 unspecified atom stereocenters. The minimum Gasteiger partial charge on any atom is -0.394 e. The summed E-state index contributed by atoms with van der Waals surface area (Å²) in [5.74, 6) is 0.303. The second-order valence-electron chi connectivity index (χ2n) is 19.6. The standard InChI is InChI=1S/C40H64O12/c1-20(2)14-21-16-48-40-18-39(19-49-40)22(32(40)38(21,7)46)8-9-26-36(5)12-11-27(35(3,4)25(36)10-13-37(26,39)6)51-33-30(45)31(23(42)17-47-33)52-34-29(44)28(43)24(15-41)50-34/h14,21-34,41-46H,8-13,15-19H2,1-7H3. The smallest absolute Gasteiger partial charge is 0.187 e. The number of ether oxygens (including phenoxy) is 6. The second-order valence-corrected chi connectivity index (χ2v) is 19.6. The lowest BCUT2D eigenvalue weighted by Crippen LogP contribution is -2.68. The molecule has 8 fully saturated rings. The monoisotopic (exact) mass is 736 g/mol. The number of rotatable bonds is 6. The number of aliphatic hydroxyl groups is 6. The zero-order valence-corrected chi connectivity index (χ0v) is 32.1. The van der Waals surface area contributed by atoms with Gasteiger partial charge in [0.2, 0.25) is 0 Å². The molecule has 4 aliphatic heterocycles. The van der Waals surface area contributed by atoms with E-state index >= 15 is 0 Å². The minimum atomic E-state index is -1.45. The van der Waals surface area contributed by atoms with Gasteiger partial charge in [-0.3, -0.25) is 0 Å². The summed E-state index contributed by atoms with van der Waals surface area (Å²) in [6, 6.07) is 0. The van der Waals surface area contributed by atoms with Crippen molar-refractivity contribution in [3.63, 3.8) is 0 Å². The number of hydrogen-bond donors (Lipinski definition) is 6. The van der Waals surface area contributed by atoms with Gasteiger partial charge < -0.3 is 59.1 Å². The highest BCUT2D eigenvalue weighted by Gasteiger charge is 2.81. The Morgan fingerprint density at radius 2 is 1.58 bits per heavy atom. The third-order valence-corrected chi connectivity index (χ3v) is 16.5. The van der Waals surface area contributed by atoms with Crippen molar-refractivity contribution in [3.05, 3.63) is 11.6 Å². The SMILES string of the molecule is CC(C)=CC1COC23CC4(CO2)C(CCC2C5(C)CCC(OC6OCC(O)C(OC7OC(CO)C(O)C7O)C6O)C(C)(C)C5CCC24C)C3C1(C)O. The highest BCUT2D eigenvalue weighted by molar-refractivity contribution is 5.27. The topological polar surface area (TPSA) is 177 Å². The Morgan fingerprint density at radius 1 is 0.827 bits per heavy atom. The maximum absolute atomic E-state index is 12.3. The van der Waals surface area contributed by atoms with Crippen LogP contribution in [0.3, 0.4) is 0 Å². The Hall–Kier alpha value is -0.740. The molecule has 6 N–H and O–H groups in total. The average molecular weight is 737 g/mol. The number of aliphatic hydroxyl groups excluding tert-OH is 5. The maximum Gasteiger partial charge on any atom is 0.187 e. The lowest BCUT2D eigenvalue weighted by atomic mass is 9.35. The van der Waals surface area contributed by atoms with E-state index in [0.717, 1.165) is 44.9 Å². The van der Waals surface area contributed by atoms with Gasteiger partial charge in [0.1, 0.15) is 36.6 Å². The Balaban J connectivity index is 1.000. The van der Waals surface area contributed by atoms with Gasteiger partial charge in [-0.25, -0.2) is 0 Å². The molecule has 0 aromatic rings. The summed E-state index contributed by atoms with van der Waals surface area (Å²) in [7, 11) is 0. The Labute approximate surface area is 308 Å². The summed E-state index contributed by atoms with van der Waals surface area (Å²) in [6.07, 6.45) is -1.22. The van der Waals surface area contributed by atoms with Gasteiger partial charge in [0, 0.05) is 23.7 Å². The van der Waals surface area contributed by atoms with E-state index in [1.165, 1.54) is 5.57 Å². The zero-order chi connectivity index (χ0) is 37.4. The molecule has 52 heavy (non-hydrogen) atoms. The average Bonchev–Trinajstić information content (AvgIpc) is 3.70. The van der Waals surface area contributed by atoms with Crippen LogP contribution in [0.1, 0.15) is 93.4 Å². The quantitative estimate of drug-likeness (QED) is 0.174. The van der Waals surface area contributed by atoms with E-state index in [4.69, 9.17) is 28.4 Å². The highest BCUT2D eigenvalue weighted by Crippen LogP contribution is 2.80. The number of allylic oxidation sites excluding steroid dienone is 1. The summed E-state index contributed by atoms with van der Waals surface area (Å²) >= 11 is 0. The molecule has 4 saturated carbocycles. The molecule has 2 spiro atoms. The minimum absolute atomic E-state index is 0.0239. The van der Waals surface area contributed by atoms with E-state index < -0.39 is 67.2 Å². The summed E-state index contributed by atoms with van der Waals surface area (Å²) in [4.78, 5) is 0. The van der Waals surface area contributed by atoms with E-state index in [1.54, 1.807) is 0 Å². The van der Waals surface area contributed by atoms with Crippen LogP contribution in [-0.2, 0) is 28.4 Å². The number of fused-ring (bicyclic) bond motifs is 4. The zero-order valence-electron chi connectivity index (χ0n) is 32.1. The van der Waals surface area contributed by atoms with Gasteiger partial charge in [-0.2, -0.15) is 0 Å². The first-order valence-electron chi connectivity index (χ1n) is 19.9. The van der Waals surface area contributed by atoms with Crippen LogP contribution >= 0.6 is 0 Å². The molecule has 4 saturated heterocycles. The van der Waals surface area contributed by atoms with Crippen molar-refractivity contribution in [3.8, 4) is 0 Å². The summed E-state index contributed by atoms with van der Waals surface area (Å²) < 4.78 is 37.3. The van der Waals surface area contributed by atoms with Crippen LogP contribution in [0.2, 0.25) is 0 Å². The van der Waals surface area contributed by atoms with Gasteiger partial charge in [0.05, 0.1) is 38.1 Å². The van der Waals surface area contributed by atoms with Gasteiger partial charge in [0.15, 0.2) is 18.4 Å². The van der Waals surface area contributed by atoms with Gasteiger partial charge >= 0.3 is 0 Å². The first-order valence-corrected chi connectivity index (χ1v) is 19.9. The molecule has 8 rings (SSSR count). The Kier molecular flexibility index (Phi) is 9.27. The van der Waals surface area contributed by atoms with Gasteiger partial charge in [0.25, 0.3) is 0 Å². The largest absolute Gasteiger partial charge is 0.394 e. The first kappa shape index (κ1) is 38.1. The molecule has 0 aromatic carbocycles. The van der Waals surface area contributed by atoms with Crippen LogP contribution in [0.25, 0.3) is 0 Å². The fraction of sp³-hybridized carbons (Fsp3) is 0.950. The van der Waals surface area contributed by atoms with E-state index in [0.29, 0.717) is 31.0 Å².